The number of amides is 1. The van der Waals surface area contributed by atoms with Gasteiger partial charge in [0.25, 0.3) is 5.91 Å². The third-order valence-electron chi connectivity index (χ3n) is 1.79. The van der Waals surface area contributed by atoms with Gasteiger partial charge in [0, 0.05) is 11.1 Å². The summed E-state index contributed by atoms with van der Waals surface area (Å²) in [6, 6.07) is 5.01. The first-order valence-corrected chi connectivity index (χ1v) is 4.26. The van der Waals surface area contributed by atoms with E-state index in [1.165, 1.54) is 7.11 Å². The minimum absolute atomic E-state index is 0.104. The number of hydrogen-bond donors (Lipinski definition) is 2. The summed E-state index contributed by atoms with van der Waals surface area (Å²) < 4.78 is 5.04. The lowest BCUT2D eigenvalue weighted by Gasteiger charge is -2.05. The van der Waals surface area contributed by atoms with E-state index < -0.39 is 5.91 Å². The van der Waals surface area contributed by atoms with Gasteiger partial charge in [0.1, 0.15) is 5.75 Å². The Kier molecular flexibility index (Phi) is 3.72. The fourth-order valence-electron chi connectivity index (χ4n) is 1.09. The number of methoxy groups -OCH3 is 1. The number of primary amides is 1. The Morgan fingerprint density at radius 1 is 1.60 bits per heavy atom. The molecule has 4 nitrogen and oxygen atoms in total. The molecule has 0 aromatic heterocycles. The Morgan fingerprint density at radius 3 is 2.87 bits per heavy atom. The minimum Gasteiger partial charge on any atom is -0.496 e. The van der Waals surface area contributed by atoms with Gasteiger partial charge in [-0.1, -0.05) is 12.0 Å². The summed E-state index contributed by atoms with van der Waals surface area (Å²) in [4.78, 5) is 10.4. The summed E-state index contributed by atoms with van der Waals surface area (Å²) >= 11 is 0. The van der Waals surface area contributed by atoms with Gasteiger partial charge < -0.3 is 15.6 Å². The highest BCUT2D eigenvalue weighted by molar-refractivity contribution is 5.92. The quantitative estimate of drug-likeness (QED) is 0.669. The van der Waals surface area contributed by atoms with Crippen LogP contribution in [0.1, 0.15) is 11.1 Å². The highest BCUT2D eigenvalue weighted by atomic mass is 16.5. The lowest BCUT2D eigenvalue weighted by atomic mass is 10.1. The van der Waals surface area contributed by atoms with Crippen molar-refractivity contribution in [3.05, 3.63) is 29.3 Å². The van der Waals surface area contributed by atoms with Crippen LogP contribution < -0.4 is 10.5 Å². The van der Waals surface area contributed by atoms with E-state index in [2.05, 4.69) is 11.8 Å². The summed E-state index contributed by atoms with van der Waals surface area (Å²) in [5, 5.41) is 8.97. The zero-order chi connectivity index (χ0) is 11.3. The van der Waals surface area contributed by atoms with Crippen molar-refractivity contribution in [2.45, 2.75) is 6.61 Å². The van der Waals surface area contributed by atoms with Gasteiger partial charge in [-0.2, -0.15) is 0 Å². The molecule has 0 radical (unpaired) electrons. The van der Waals surface area contributed by atoms with E-state index in [-0.39, 0.29) is 6.61 Å². The van der Waals surface area contributed by atoms with Crippen LogP contribution in [-0.4, -0.2) is 18.1 Å². The number of hydrogen-bond acceptors (Lipinski definition) is 3. The van der Waals surface area contributed by atoms with Crippen molar-refractivity contribution in [1.29, 1.82) is 0 Å². The molecule has 0 aliphatic rings. The third-order valence-corrected chi connectivity index (χ3v) is 1.79. The molecule has 78 valence electrons. The number of carbonyl (C=O) groups is 1. The maximum Gasteiger partial charge on any atom is 0.293 e. The zero-order valence-corrected chi connectivity index (χ0v) is 8.28. The van der Waals surface area contributed by atoms with Crippen LogP contribution in [0, 0.1) is 11.8 Å². The van der Waals surface area contributed by atoms with Crippen molar-refractivity contribution in [3.8, 4) is 17.6 Å². The summed E-state index contributed by atoms with van der Waals surface area (Å²) in [6.45, 7) is -0.104. The smallest absolute Gasteiger partial charge is 0.293 e. The van der Waals surface area contributed by atoms with Crippen molar-refractivity contribution < 1.29 is 14.6 Å². The molecule has 0 unspecified atom stereocenters. The molecule has 1 aromatic rings. The standard InChI is InChI=1S/C11H11NO3/c1-15-10-6-8(3-5-11(12)14)2-4-9(10)7-13/h2,4,6,13H,7H2,1H3,(H2,12,14). The lowest BCUT2D eigenvalue weighted by molar-refractivity contribution is -0.112. The van der Waals surface area contributed by atoms with Crippen LogP contribution in [0.15, 0.2) is 18.2 Å². The first-order chi connectivity index (χ1) is 7.17. The van der Waals surface area contributed by atoms with Gasteiger partial charge in [-0.3, -0.25) is 4.79 Å². The molecule has 1 aromatic carbocycles. The van der Waals surface area contributed by atoms with Crippen LogP contribution in [0.3, 0.4) is 0 Å². The van der Waals surface area contributed by atoms with Gasteiger partial charge in [0.05, 0.1) is 13.7 Å². The zero-order valence-electron chi connectivity index (χ0n) is 8.28. The van der Waals surface area contributed by atoms with Crippen LogP contribution in [-0.2, 0) is 11.4 Å². The number of benzene rings is 1. The second-order valence-corrected chi connectivity index (χ2v) is 2.80. The molecule has 3 N–H and O–H groups in total. The Morgan fingerprint density at radius 2 is 2.33 bits per heavy atom. The average Bonchev–Trinajstić information content (AvgIpc) is 2.25. The Hall–Kier alpha value is -1.99. The van der Waals surface area contributed by atoms with Crippen molar-refractivity contribution >= 4 is 5.91 Å². The molecule has 1 rings (SSSR count). The highest BCUT2D eigenvalue weighted by Gasteiger charge is 2.01. The molecular formula is C11H11NO3. The second kappa shape index (κ2) is 5.03. The van der Waals surface area contributed by atoms with Crippen molar-refractivity contribution in [3.63, 3.8) is 0 Å². The topological polar surface area (TPSA) is 72.5 Å². The van der Waals surface area contributed by atoms with E-state index in [1.807, 2.05) is 0 Å². The van der Waals surface area contributed by atoms with Gasteiger partial charge >= 0.3 is 0 Å². The van der Waals surface area contributed by atoms with Crippen molar-refractivity contribution in [2.75, 3.05) is 7.11 Å². The molecule has 0 aliphatic carbocycles. The number of rotatable bonds is 2. The molecule has 0 fully saturated rings. The van der Waals surface area contributed by atoms with Crippen molar-refractivity contribution in [1.82, 2.24) is 0 Å². The maximum atomic E-state index is 10.4. The Labute approximate surface area is 87.7 Å². The first-order valence-electron chi connectivity index (χ1n) is 4.26. The number of aliphatic hydroxyl groups excluding tert-OH is 1. The lowest BCUT2D eigenvalue weighted by Crippen LogP contribution is -2.06. The van der Waals surface area contributed by atoms with Gasteiger partial charge in [-0.25, -0.2) is 0 Å². The number of aliphatic hydroxyl groups is 1. The van der Waals surface area contributed by atoms with Crippen LogP contribution in [0.4, 0.5) is 0 Å². The molecule has 0 saturated carbocycles. The van der Waals surface area contributed by atoms with E-state index in [4.69, 9.17) is 15.6 Å². The van der Waals surface area contributed by atoms with E-state index in [9.17, 15) is 4.79 Å². The van der Waals surface area contributed by atoms with Gasteiger partial charge in [0.2, 0.25) is 0 Å². The number of carbonyl (C=O) groups excluding carboxylic acids is 1. The van der Waals surface area contributed by atoms with Crippen LogP contribution in [0.25, 0.3) is 0 Å². The molecule has 0 saturated heterocycles. The monoisotopic (exact) mass is 205 g/mol. The van der Waals surface area contributed by atoms with E-state index >= 15 is 0 Å². The van der Waals surface area contributed by atoms with Crippen LogP contribution in [0.2, 0.25) is 0 Å². The van der Waals surface area contributed by atoms with E-state index in [1.54, 1.807) is 18.2 Å². The fraction of sp³-hybridized carbons (Fsp3) is 0.182. The Bertz CT molecular complexity index is 429. The average molecular weight is 205 g/mol. The van der Waals surface area contributed by atoms with Gasteiger partial charge in [0.15, 0.2) is 0 Å². The predicted molar refractivity (Wildman–Crippen MR) is 55.0 cm³/mol. The number of nitrogens with two attached hydrogens (primary N) is 1. The molecule has 0 heterocycles. The molecule has 1 amide bonds. The largest absolute Gasteiger partial charge is 0.496 e. The van der Waals surface area contributed by atoms with Gasteiger partial charge in [-0.05, 0) is 18.1 Å². The van der Waals surface area contributed by atoms with Crippen LogP contribution in [0.5, 0.6) is 5.75 Å². The predicted octanol–water partition coefficient (Wildman–Crippen LogP) is 0.0243. The number of ether oxygens (including phenoxy) is 1. The fourth-order valence-corrected chi connectivity index (χ4v) is 1.09. The molecule has 0 spiro atoms. The molecule has 0 atom stereocenters. The highest BCUT2D eigenvalue weighted by Crippen LogP contribution is 2.19. The Balaban J connectivity index is 3.05. The summed E-state index contributed by atoms with van der Waals surface area (Å²) in [6.07, 6.45) is 0. The normalized spacial score (nSPS) is 8.93. The molecule has 15 heavy (non-hydrogen) atoms. The van der Waals surface area contributed by atoms with Crippen LogP contribution >= 0.6 is 0 Å². The van der Waals surface area contributed by atoms with E-state index in [0.717, 1.165) is 0 Å². The molecule has 0 bridgehead atoms. The minimum atomic E-state index is -0.680. The molecule has 0 aliphatic heterocycles. The SMILES string of the molecule is COc1cc(C#CC(N)=O)ccc1CO. The summed E-state index contributed by atoms with van der Waals surface area (Å²) in [7, 11) is 1.50. The summed E-state index contributed by atoms with van der Waals surface area (Å²) in [5.74, 6) is 4.66. The molecule has 4 heteroatoms. The molecular weight excluding hydrogens is 194 g/mol. The van der Waals surface area contributed by atoms with Crippen molar-refractivity contribution in [2.24, 2.45) is 5.73 Å². The summed E-state index contributed by atoms with van der Waals surface area (Å²) in [5.41, 5.74) is 6.17. The second-order valence-electron chi connectivity index (χ2n) is 2.80. The maximum absolute atomic E-state index is 10.4. The first kappa shape index (κ1) is 11.1. The third kappa shape index (κ3) is 3.01. The van der Waals surface area contributed by atoms with Gasteiger partial charge in [-0.15, -0.1) is 0 Å². The van der Waals surface area contributed by atoms with E-state index in [0.29, 0.717) is 16.9 Å².